The predicted molar refractivity (Wildman–Crippen MR) is 121 cm³/mol. The molecular formula is C25H26N4O2. The Morgan fingerprint density at radius 3 is 2.81 bits per heavy atom. The van der Waals surface area contributed by atoms with Gasteiger partial charge >= 0.3 is 0 Å². The molecule has 2 aliphatic heterocycles. The van der Waals surface area contributed by atoms with Crippen LogP contribution in [0.15, 0.2) is 71.8 Å². The minimum Gasteiger partial charge on any atom is -0.495 e. The zero-order valence-electron chi connectivity index (χ0n) is 17.9. The second kappa shape index (κ2) is 8.30. The zero-order chi connectivity index (χ0) is 21.2. The van der Waals surface area contributed by atoms with Crippen molar-refractivity contribution < 1.29 is 9.57 Å². The number of amidine groups is 1. The Labute approximate surface area is 182 Å². The zero-order valence-corrected chi connectivity index (χ0v) is 17.9. The van der Waals surface area contributed by atoms with Crippen LogP contribution in [0.1, 0.15) is 35.8 Å². The molecule has 1 fully saturated rings. The lowest BCUT2D eigenvalue weighted by Crippen LogP contribution is -2.43. The molecule has 6 heteroatoms. The molecule has 2 aliphatic rings. The van der Waals surface area contributed by atoms with E-state index in [0.717, 1.165) is 60.0 Å². The molecule has 0 amide bonds. The van der Waals surface area contributed by atoms with E-state index in [9.17, 15) is 0 Å². The van der Waals surface area contributed by atoms with E-state index >= 15 is 0 Å². The summed E-state index contributed by atoms with van der Waals surface area (Å²) < 4.78 is 7.65. The number of oxime groups is 1. The van der Waals surface area contributed by atoms with Gasteiger partial charge in [-0.3, -0.25) is 0 Å². The van der Waals surface area contributed by atoms with Gasteiger partial charge in [0, 0.05) is 12.7 Å². The topological polar surface area (TPSA) is 51.9 Å². The second-order valence-electron chi connectivity index (χ2n) is 7.99. The first-order valence-corrected chi connectivity index (χ1v) is 10.6. The number of rotatable bonds is 4. The number of aromatic nitrogens is 2. The molecule has 0 N–H and O–H groups in total. The minimum atomic E-state index is -0.0256. The van der Waals surface area contributed by atoms with Crippen LogP contribution in [0, 0.1) is 6.92 Å². The fourth-order valence-corrected chi connectivity index (χ4v) is 4.24. The van der Waals surface area contributed by atoms with Crippen LogP contribution in [-0.4, -0.2) is 40.5 Å². The molecule has 1 aromatic heterocycles. The van der Waals surface area contributed by atoms with Gasteiger partial charge in [0.1, 0.15) is 5.75 Å². The van der Waals surface area contributed by atoms with Gasteiger partial charge in [-0.25, -0.2) is 4.98 Å². The van der Waals surface area contributed by atoms with Crippen LogP contribution in [0.3, 0.4) is 0 Å². The SMILES string of the molecule is COc1cc(C=C2CCCN3CC(c4ccccc4)ON=C23)ccc1-n1cnc(C)c1. The molecule has 1 saturated heterocycles. The average Bonchev–Trinajstić information content (AvgIpc) is 3.25. The molecule has 2 aromatic carbocycles. The summed E-state index contributed by atoms with van der Waals surface area (Å²) in [7, 11) is 1.70. The highest BCUT2D eigenvalue weighted by molar-refractivity contribution is 6.02. The molecular weight excluding hydrogens is 388 g/mol. The molecule has 0 spiro atoms. The first kappa shape index (κ1) is 19.4. The summed E-state index contributed by atoms with van der Waals surface area (Å²) in [5.41, 5.74) is 5.39. The first-order chi connectivity index (χ1) is 15.2. The summed E-state index contributed by atoms with van der Waals surface area (Å²) in [6.45, 7) is 3.81. The third-order valence-electron chi connectivity index (χ3n) is 5.82. The highest BCUT2D eigenvalue weighted by atomic mass is 16.6. The number of benzene rings is 2. The summed E-state index contributed by atoms with van der Waals surface area (Å²) in [4.78, 5) is 12.6. The van der Waals surface area contributed by atoms with Crippen LogP contribution in [-0.2, 0) is 4.84 Å². The van der Waals surface area contributed by atoms with E-state index < -0.39 is 0 Å². The van der Waals surface area contributed by atoms with E-state index in [2.05, 4.69) is 51.4 Å². The summed E-state index contributed by atoms with van der Waals surface area (Å²) in [5, 5.41) is 4.53. The van der Waals surface area contributed by atoms with E-state index in [1.54, 1.807) is 7.11 Å². The van der Waals surface area contributed by atoms with Gasteiger partial charge in [0.25, 0.3) is 0 Å². The molecule has 1 atom stereocenters. The summed E-state index contributed by atoms with van der Waals surface area (Å²) in [5.74, 6) is 1.76. The molecule has 0 saturated carbocycles. The predicted octanol–water partition coefficient (Wildman–Crippen LogP) is 4.75. The Hall–Kier alpha value is -3.54. The number of nitrogens with zero attached hydrogens (tertiary/aromatic N) is 4. The van der Waals surface area contributed by atoms with E-state index in [4.69, 9.17) is 9.57 Å². The van der Waals surface area contributed by atoms with Crippen LogP contribution in [0.4, 0.5) is 0 Å². The molecule has 3 heterocycles. The number of imidazole rings is 1. The summed E-state index contributed by atoms with van der Waals surface area (Å²) >= 11 is 0. The Bertz CT molecular complexity index is 1130. The van der Waals surface area contributed by atoms with E-state index in [1.807, 2.05) is 42.2 Å². The lowest BCUT2D eigenvalue weighted by atomic mass is 9.98. The van der Waals surface area contributed by atoms with Crippen molar-refractivity contribution in [2.75, 3.05) is 20.2 Å². The number of aryl methyl sites for hydroxylation is 1. The van der Waals surface area contributed by atoms with Gasteiger partial charge < -0.3 is 19.0 Å². The van der Waals surface area contributed by atoms with Crippen LogP contribution in [0.5, 0.6) is 5.75 Å². The summed E-state index contributed by atoms with van der Waals surface area (Å²) in [6, 6.07) is 16.5. The molecule has 1 unspecified atom stereocenters. The molecule has 3 aromatic rings. The number of hydrogen-bond donors (Lipinski definition) is 0. The summed E-state index contributed by atoms with van der Waals surface area (Å²) in [6.07, 6.45) is 8.06. The Balaban J connectivity index is 1.42. The second-order valence-corrected chi connectivity index (χ2v) is 7.99. The molecule has 31 heavy (non-hydrogen) atoms. The third kappa shape index (κ3) is 3.93. The van der Waals surface area contributed by atoms with Crippen LogP contribution in [0.25, 0.3) is 11.8 Å². The minimum absolute atomic E-state index is 0.0256. The lowest BCUT2D eigenvalue weighted by molar-refractivity contribution is 0.0184. The van der Waals surface area contributed by atoms with Gasteiger partial charge in [-0.2, -0.15) is 0 Å². The van der Waals surface area contributed by atoms with Crippen molar-refractivity contribution in [1.29, 1.82) is 0 Å². The fraction of sp³-hybridized carbons (Fsp3) is 0.280. The van der Waals surface area contributed by atoms with Gasteiger partial charge in [0.2, 0.25) is 0 Å². The van der Waals surface area contributed by atoms with Crippen molar-refractivity contribution in [2.45, 2.75) is 25.9 Å². The van der Waals surface area contributed by atoms with Crippen molar-refractivity contribution in [3.63, 3.8) is 0 Å². The Morgan fingerprint density at radius 1 is 1.16 bits per heavy atom. The highest BCUT2D eigenvalue weighted by Gasteiger charge is 2.30. The maximum atomic E-state index is 5.90. The average molecular weight is 415 g/mol. The van der Waals surface area contributed by atoms with Crippen LogP contribution in [0.2, 0.25) is 0 Å². The highest BCUT2D eigenvalue weighted by Crippen LogP contribution is 2.31. The smallest absolute Gasteiger partial charge is 0.171 e. The lowest BCUT2D eigenvalue weighted by Gasteiger charge is -2.37. The van der Waals surface area contributed by atoms with E-state index in [0.29, 0.717) is 0 Å². The number of hydrogen-bond acceptors (Lipinski definition) is 5. The normalized spacial score (nSPS) is 19.5. The van der Waals surface area contributed by atoms with Crippen molar-refractivity contribution in [3.8, 4) is 11.4 Å². The molecule has 5 rings (SSSR count). The standard InChI is InChI=1S/C25H26N4O2/c1-18-15-29(17-26-18)22-11-10-19(14-23(22)30-2)13-21-9-6-12-28-16-24(31-27-25(21)28)20-7-4-3-5-8-20/h3-5,7-8,10-11,13-15,17,24H,6,9,12,16H2,1-2H3. The van der Waals surface area contributed by atoms with Crippen molar-refractivity contribution in [2.24, 2.45) is 5.16 Å². The van der Waals surface area contributed by atoms with Crippen LogP contribution < -0.4 is 4.74 Å². The van der Waals surface area contributed by atoms with Gasteiger partial charge in [0.15, 0.2) is 11.9 Å². The monoisotopic (exact) mass is 414 g/mol. The van der Waals surface area contributed by atoms with Crippen molar-refractivity contribution in [3.05, 3.63) is 83.4 Å². The number of methoxy groups -OCH3 is 1. The fourth-order valence-electron chi connectivity index (χ4n) is 4.24. The Kier molecular flexibility index (Phi) is 5.20. The van der Waals surface area contributed by atoms with Gasteiger partial charge in [-0.1, -0.05) is 41.6 Å². The van der Waals surface area contributed by atoms with Gasteiger partial charge in [0.05, 0.1) is 31.4 Å². The Morgan fingerprint density at radius 2 is 2.03 bits per heavy atom. The van der Waals surface area contributed by atoms with Gasteiger partial charge in [-0.15, -0.1) is 0 Å². The van der Waals surface area contributed by atoms with E-state index in [-0.39, 0.29) is 6.10 Å². The quantitative estimate of drug-likeness (QED) is 0.618. The maximum Gasteiger partial charge on any atom is 0.171 e. The third-order valence-corrected chi connectivity index (χ3v) is 5.82. The van der Waals surface area contributed by atoms with Crippen molar-refractivity contribution in [1.82, 2.24) is 14.5 Å². The molecule has 0 aliphatic carbocycles. The van der Waals surface area contributed by atoms with E-state index in [1.165, 1.54) is 5.57 Å². The van der Waals surface area contributed by atoms with Crippen molar-refractivity contribution >= 4 is 11.9 Å². The molecule has 158 valence electrons. The largest absolute Gasteiger partial charge is 0.495 e. The molecule has 6 nitrogen and oxygen atoms in total. The maximum absolute atomic E-state index is 5.90. The van der Waals surface area contributed by atoms with Crippen LogP contribution >= 0.6 is 0 Å². The first-order valence-electron chi connectivity index (χ1n) is 10.6. The number of fused-ring (bicyclic) bond motifs is 1. The van der Waals surface area contributed by atoms with Gasteiger partial charge in [-0.05, 0) is 54.7 Å². The number of ether oxygens (including phenoxy) is 1. The molecule has 0 radical (unpaired) electrons. The molecule has 0 bridgehead atoms. The number of piperidine rings is 1.